The van der Waals surface area contributed by atoms with Crippen LogP contribution in [0.1, 0.15) is 5.56 Å². The van der Waals surface area contributed by atoms with Crippen molar-refractivity contribution in [1.29, 1.82) is 0 Å². The molecule has 1 amide bonds. The van der Waals surface area contributed by atoms with Crippen LogP contribution in [0.5, 0.6) is 11.5 Å². The second-order valence-corrected chi connectivity index (χ2v) is 5.36. The molecule has 1 heterocycles. The van der Waals surface area contributed by atoms with E-state index in [0.29, 0.717) is 17.3 Å². The highest BCUT2D eigenvalue weighted by Gasteiger charge is 2.11. The van der Waals surface area contributed by atoms with Crippen LogP contribution in [0.2, 0.25) is 0 Å². The van der Waals surface area contributed by atoms with Gasteiger partial charge in [-0.05, 0) is 19.1 Å². The summed E-state index contributed by atoms with van der Waals surface area (Å²) >= 11 is 0. The van der Waals surface area contributed by atoms with E-state index in [2.05, 4.69) is 20.5 Å². The van der Waals surface area contributed by atoms with Crippen molar-refractivity contribution in [1.82, 2.24) is 15.2 Å². The van der Waals surface area contributed by atoms with Gasteiger partial charge in [0.1, 0.15) is 0 Å². The van der Waals surface area contributed by atoms with Crippen molar-refractivity contribution in [3.05, 3.63) is 54.1 Å². The number of nitrogens with one attached hydrogen (secondary N) is 2. The van der Waals surface area contributed by atoms with E-state index >= 15 is 0 Å². The van der Waals surface area contributed by atoms with E-state index < -0.39 is 0 Å². The number of carbonyl (C=O) groups excluding carboxylic acids is 1. The van der Waals surface area contributed by atoms with Crippen LogP contribution in [0.25, 0.3) is 11.4 Å². The topological polar surface area (TPSA) is 89.1 Å². The van der Waals surface area contributed by atoms with Crippen LogP contribution >= 0.6 is 0 Å². The highest BCUT2D eigenvalue weighted by molar-refractivity contribution is 5.90. The number of nitrogens with zero attached hydrogens (tertiary/aromatic N) is 2. The Morgan fingerprint density at radius 3 is 2.56 bits per heavy atom. The van der Waals surface area contributed by atoms with Gasteiger partial charge in [-0.1, -0.05) is 42.0 Å². The van der Waals surface area contributed by atoms with Crippen LogP contribution in [0, 0.1) is 6.92 Å². The van der Waals surface area contributed by atoms with Crippen LogP contribution < -0.4 is 14.8 Å². The summed E-state index contributed by atoms with van der Waals surface area (Å²) in [6, 6.07) is 15.0. The Hall–Kier alpha value is -3.35. The summed E-state index contributed by atoms with van der Waals surface area (Å²) in [5.41, 5.74) is 2.05. The molecular formula is C18H18N4O3. The number of methoxy groups -OCH3 is 1. The third kappa shape index (κ3) is 4.14. The number of hydrogen-bond acceptors (Lipinski definition) is 5. The van der Waals surface area contributed by atoms with E-state index in [0.717, 1.165) is 11.1 Å². The fourth-order valence-corrected chi connectivity index (χ4v) is 2.20. The number of rotatable bonds is 6. The quantitative estimate of drug-likeness (QED) is 0.721. The average Bonchev–Trinajstić information content (AvgIpc) is 3.09. The molecular weight excluding hydrogens is 320 g/mol. The zero-order chi connectivity index (χ0) is 17.6. The molecule has 0 aliphatic heterocycles. The molecule has 0 spiro atoms. The second kappa shape index (κ2) is 7.48. The van der Waals surface area contributed by atoms with E-state index in [1.54, 1.807) is 25.3 Å². The number of ether oxygens (including phenoxy) is 2. The summed E-state index contributed by atoms with van der Waals surface area (Å²) in [5.74, 6) is 1.48. The summed E-state index contributed by atoms with van der Waals surface area (Å²) in [6.45, 7) is 1.84. The van der Waals surface area contributed by atoms with Gasteiger partial charge in [-0.3, -0.25) is 15.2 Å². The van der Waals surface area contributed by atoms with Gasteiger partial charge in [-0.15, -0.1) is 5.10 Å². The van der Waals surface area contributed by atoms with Crippen molar-refractivity contribution in [2.24, 2.45) is 0 Å². The zero-order valence-corrected chi connectivity index (χ0v) is 13.9. The lowest BCUT2D eigenvalue weighted by Crippen LogP contribution is -2.21. The molecule has 0 saturated carbocycles. The Morgan fingerprint density at radius 2 is 1.84 bits per heavy atom. The summed E-state index contributed by atoms with van der Waals surface area (Å²) in [6.07, 6.45) is 0. The van der Waals surface area contributed by atoms with Crippen LogP contribution in [-0.4, -0.2) is 34.8 Å². The first-order valence-electron chi connectivity index (χ1n) is 7.71. The van der Waals surface area contributed by atoms with Crippen molar-refractivity contribution in [3.8, 4) is 22.9 Å². The Bertz CT molecular complexity index is 859. The first kappa shape index (κ1) is 16.5. The van der Waals surface area contributed by atoms with Gasteiger partial charge < -0.3 is 9.47 Å². The maximum Gasteiger partial charge on any atom is 0.264 e. The van der Waals surface area contributed by atoms with E-state index in [-0.39, 0.29) is 18.5 Å². The van der Waals surface area contributed by atoms with Gasteiger partial charge in [-0.25, -0.2) is 0 Å². The largest absolute Gasteiger partial charge is 0.493 e. The predicted octanol–water partition coefficient (Wildman–Crippen LogP) is 2.81. The lowest BCUT2D eigenvalue weighted by atomic mass is 10.1. The van der Waals surface area contributed by atoms with Gasteiger partial charge in [0.2, 0.25) is 5.95 Å². The lowest BCUT2D eigenvalue weighted by Gasteiger charge is -2.09. The number of hydrogen-bond donors (Lipinski definition) is 2. The third-order valence-electron chi connectivity index (χ3n) is 3.49. The first-order chi connectivity index (χ1) is 12.2. The van der Waals surface area contributed by atoms with Gasteiger partial charge in [0.15, 0.2) is 23.9 Å². The van der Waals surface area contributed by atoms with Gasteiger partial charge in [-0.2, -0.15) is 4.98 Å². The molecule has 0 bridgehead atoms. The Morgan fingerprint density at radius 1 is 1.12 bits per heavy atom. The maximum atomic E-state index is 12.0. The average molecular weight is 338 g/mol. The molecule has 0 saturated heterocycles. The van der Waals surface area contributed by atoms with E-state index in [1.807, 2.05) is 37.3 Å². The smallest absolute Gasteiger partial charge is 0.264 e. The minimum Gasteiger partial charge on any atom is -0.493 e. The number of benzene rings is 2. The second-order valence-electron chi connectivity index (χ2n) is 5.36. The summed E-state index contributed by atoms with van der Waals surface area (Å²) < 4.78 is 10.6. The monoisotopic (exact) mass is 338 g/mol. The summed E-state index contributed by atoms with van der Waals surface area (Å²) in [7, 11) is 1.54. The standard InChI is InChI=1S/C18H18N4O3/c1-12-7-9-13(10-8-12)17-20-18(22-21-17)19-16(23)11-25-15-6-4-3-5-14(15)24-2/h3-10H,11H2,1-2H3,(H2,19,20,21,22,23). The fraction of sp³-hybridized carbons (Fsp3) is 0.167. The van der Waals surface area contributed by atoms with Crippen molar-refractivity contribution < 1.29 is 14.3 Å². The molecule has 25 heavy (non-hydrogen) atoms. The lowest BCUT2D eigenvalue weighted by molar-refractivity contribution is -0.118. The number of para-hydroxylation sites is 2. The van der Waals surface area contributed by atoms with Crippen molar-refractivity contribution in [3.63, 3.8) is 0 Å². The summed E-state index contributed by atoms with van der Waals surface area (Å²) in [5, 5.41) is 9.39. The van der Waals surface area contributed by atoms with Crippen molar-refractivity contribution in [2.45, 2.75) is 6.92 Å². The number of H-pyrrole nitrogens is 1. The molecule has 3 aromatic rings. The Labute approximate surface area is 145 Å². The van der Waals surface area contributed by atoms with Crippen molar-refractivity contribution >= 4 is 11.9 Å². The van der Waals surface area contributed by atoms with Gasteiger partial charge in [0.05, 0.1) is 7.11 Å². The van der Waals surface area contributed by atoms with Crippen LogP contribution in [0.4, 0.5) is 5.95 Å². The zero-order valence-electron chi connectivity index (χ0n) is 13.9. The minimum atomic E-state index is -0.361. The fourth-order valence-electron chi connectivity index (χ4n) is 2.20. The van der Waals surface area contributed by atoms with Crippen LogP contribution in [-0.2, 0) is 4.79 Å². The molecule has 1 aromatic heterocycles. The highest BCUT2D eigenvalue weighted by Crippen LogP contribution is 2.25. The number of anilines is 1. The van der Waals surface area contributed by atoms with E-state index in [9.17, 15) is 4.79 Å². The summed E-state index contributed by atoms with van der Waals surface area (Å²) in [4.78, 5) is 16.3. The minimum absolute atomic E-state index is 0.172. The van der Waals surface area contributed by atoms with E-state index in [4.69, 9.17) is 9.47 Å². The number of aromatic amines is 1. The number of amides is 1. The first-order valence-corrected chi connectivity index (χ1v) is 7.71. The SMILES string of the molecule is COc1ccccc1OCC(=O)Nc1n[nH]c(-c2ccc(C)cc2)n1. The van der Waals surface area contributed by atoms with Gasteiger partial charge >= 0.3 is 0 Å². The van der Waals surface area contributed by atoms with Crippen LogP contribution in [0.3, 0.4) is 0 Å². The molecule has 2 N–H and O–H groups in total. The molecule has 0 atom stereocenters. The van der Waals surface area contributed by atoms with Crippen molar-refractivity contribution in [2.75, 3.05) is 19.0 Å². The molecule has 7 heteroatoms. The number of aryl methyl sites for hydroxylation is 1. The van der Waals surface area contributed by atoms with Gasteiger partial charge in [0, 0.05) is 5.56 Å². The molecule has 128 valence electrons. The third-order valence-corrected chi connectivity index (χ3v) is 3.49. The molecule has 3 rings (SSSR count). The van der Waals surface area contributed by atoms with E-state index in [1.165, 1.54) is 0 Å². The molecule has 0 fully saturated rings. The maximum absolute atomic E-state index is 12.0. The number of carbonyl (C=O) groups is 1. The molecule has 0 aliphatic carbocycles. The molecule has 0 unspecified atom stereocenters. The number of aromatic nitrogens is 3. The molecule has 0 aliphatic rings. The predicted molar refractivity (Wildman–Crippen MR) is 93.7 cm³/mol. The van der Waals surface area contributed by atoms with Crippen LogP contribution in [0.15, 0.2) is 48.5 Å². The molecule has 2 aromatic carbocycles. The molecule has 0 radical (unpaired) electrons. The Kier molecular flexibility index (Phi) is 4.94. The normalized spacial score (nSPS) is 10.3. The highest BCUT2D eigenvalue weighted by atomic mass is 16.5. The Balaban J connectivity index is 1.59. The molecule has 7 nitrogen and oxygen atoms in total. The van der Waals surface area contributed by atoms with Gasteiger partial charge in [0.25, 0.3) is 5.91 Å².